The fourth-order valence-corrected chi connectivity index (χ4v) is 5.65. The lowest BCUT2D eigenvalue weighted by molar-refractivity contribution is -0.139. The van der Waals surface area contributed by atoms with Crippen LogP contribution in [0.2, 0.25) is 0 Å². The molecule has 1 saturated carbocycles. The van der Waals surface area contributed by atoms with E-state index in [9.17, 15) is 4.79 Å². The fourth-order valence-electron chi connectivity index (χ4n) is 5.65. The van der Waals surface area contributed by atoms with Crippen molar-refractivity contribution >= 4 is 5.91 Å². The molecule has 0 spiro atoms. The maximum Gasteiger partial charge on any atom is 0.241 e. The van der Waals surface area contributed by atoms with Gasteiger partial charge in [-0.2, -0.15) is 4.98 Å². The highest BCUT2D eigenvalue weighted by molar-refractivity contribution is 5.78. The van der Waals surface area contributed by atoms with E-state index in [-0.39, 0.29) is 0 Å². The molecule has 2 aliphatic heterocycles. The van der Waals surface area contributed by atoms with Crippen LogP contribution in [0.5, 0.6) is 0 Å². The number of carbonyl (C=O) groups excluding carboxylic acids is 1. The van der Waals surface area contributed by atoms with Crippen molar-refractivity contribution in [2.45, 2.75) is 58.0 Å². The van der Waals surface area contributed by atoms with Gasteiger partial charge in [0.15, 0.2) is 0 Å². The first-order valence-electron chi connectivity index (χ1n) is 12.3. The molecular weight excluding hydrogens is 402 g/mol. The number of amides is 1. The number of hydrogen-bond acceptors (Lipinski definition) is 6. The molecule has 7 nitrogen and oxygen atoms in total. The molecule has 1 aromatic carbocycles. The molecule has 2 aromatic rings. The second-order valence-corrected chi connectivity index (χ2v) is 9.77. The highest BCUT2D eigenvalue weighted by Crippen LogP contribution is 2.35. The molecule has 2 saturated heterocycles. The summed E-state index contributed by atoms with van der Waals surface area (Å²) in [4.78, 5) is 24.5. The van der Waals surface area contributed by atoms with Gasteiger partial charge < -0.3 is 9.42 Å². The third-order valence-corrected chi connectivity index (χ3v) is 7.52. The third-order valence-electron chi connectivity index (χ3n) is 7.52. The van der Waals surface area contributed by atoms with Crippen molar-refractivity contribution in [3.8, 4) is 11.4 Å². The summed E-state index contributed by atoms with van der Waals surface area (Å²) in [6.07, 6.45) is 7.64. The minimum atomic E-state index is 0.342. The topological polar surface area (TPSA) is 65.7 Å². The van der Waals surface area contributed by atoms with E-state index >= 15 is 0 Å². The normalized spacial score (nSPS) is 25.0. The first kappa shape index (κ1) is 21.6. The van der Waals surface area contributed by atoms with Crippen LogP contribution in [0.4, 0.5) is 0 Å². The Morgan fingerprint density at radius 2 is 1.69 bits per heavy atom. The van der Waals surface area contributed by atoms with Gasteiger partial charge in [-0.05, 0) is 38.5 Å². The van der Waals surface area contributed by atoms with Crippen LogP contribution in [-0.2, 0) is 11.3 Å². The minimum Gasteiger partial charge on any atom is -0.338 e. The van der Waals surface area contributed by atoms with Gasteiger partial charge in [0.2, 0.25) is 17.6 Å². The lowest BCUT2D eigenvalue weighted by Gasteiger charge is -2.45. The van der Waals surface area contributed by atoms with Gasteiger partial charge in [-0.25, -0.2) is 0 Å². The Labute approximate surface area is 190 Å². The van der Waals surface area contributed by atoms with E-state index in [1.165, 1.54) is 44.1 Å². The molecule has 5 rings (SSSR count). The van der Waals surface area contributed by atoms with E-state index in [4.69, 9.17) is 4.52 Å². The Balaban J connectivity index is 1.10. The van der Waals surface area contributed by atoms with Gasteiger partial charge in [-0.1, -0.05) is 47.8 Å². The van der Waals surface area contributed by atoms with Crippen molar-refractivity contribution in [3.05, 3.63) is 35.7 Å². The standard InChI is InChI=1S/C25H35N5O2/c1-19-8-10-21(11-9-19)25-26-23(32-27-25)17-28-13-15-29(16-14-28)18-24(31)30-12-4-6-20-5-2-3-7-22(20)30/h8-11,20,22H,2-7,12-18H2,1H3. The van der Waals surface area contributed by atoms with Crippen molar-refractivity contribution in [3.63, 3.8) is 0 Å². The third kappa shape index (κ3) is 4.89. The maximum atomic E-state index is 13.1. The number of likely N-dealkylation sites (tertiary alicyclic amines) is 1. The lowest BCUT2D eigenvalue weighted by atomic mass is 9.78. The first-order valence-corrected chi connectivity index (χ1v) is 12.3. The Morgan fingerprint density at radius 1 is 0.969 bits per heavy atom. The number of piperidine rings is 1. The van der Waals surface area contributed by atoms with Gasteiger partial charge in [0.25, 0.3) is 0 Å². The number of hydrogen-bond donors (Lipinski definition) is 0. The SMILES string of the molecule is Cc1ccc(-c2noc(CN3CCN(CC(=O)N4CCCC5CCCCC54)CC3)n2)cc1. The van der Waals surface area contributed by atoms with E-state index in [2.05, 4.69) is 43.9 Å². The second kappa shape index (κ2) is 9.71. The van der Waals surface area contributed by atoms with Gasteiger partial charge in [0.05, 0.1) is 13.1 Å². The van der Waals surface area contributed by atoms with E-state index in [1.807, 2.05) is 12.1 Å². The Hall–Kier alpha value is -2.25. The lowest BCUT2D eigenvalue weighted by Crippen LogP contribution is -2.54. The van der Waals surface area contributed by atoms with Crippen LogP contribution in [-0.4, -0.2) is 76.1 Å². The summed E-state index contributed by atoms with van der Waals surface area (Å²) in [7, 11) is 0. The first-order chi connectivity index (χ1) is 15.7. The summed E-state index contributed by atoms with van der Waals surface area (Å²) >= 11 is 0. The number of aryl methyl sites for hydroxylation is 1. The zero-order chi connectivity index (χ0) is 21.9. The van der Waals surface area contributed by atoms with Crippen molar-refractivity contribution in [1.82, 2.24) is 24.8 Å². The average molecular weight is 438 g/mol. The molecule has 7 heteroatoms. The number of rotatable bonds is 5. The maximum absolute atomic E-state index is 13.1. The summed E-state index contributed by atoms with van der Waals surface area (Å²) in [5.41, 5.74) is 2.19. The zero-order valence-electron chi connectivity index (χ0n) is 19.2. The van der Waals surface area contributed by atoms with Crippen LogP contribution < -0.4 is 0 Å². The molecule has 1 amide bonds. The van der Waals surface area contributed by atoms with Crippen molar-refractivity contribution < 1.29 is 9.32 Å². The fraction of sp³-hybridized carbons (Fsp3) is 0.640. The number of nitrogens with zero attached hydrogens (tertiary/aromatic N) is 5. The van der Waals surface area contributed by atoms with E-state index in [0.29, 0.717) is 36.8 Å². The van der Waals surface area contributed by atoms with E-state index in [1.54, 1.807) is 0 Å². The molecule has 3 aliphatic rings. The summed E-state index contributed by atoms with van der Waals surface area (Å²) in [6, 6.07) is 8.68. The van der Waals surface area contributed by atoms with Crippen LogP contribution in [0.25, 0.3) is 11.4 Å². The van der Waals surface area contributed by atoms with Gasteiger partial charge in [-0.3, -0.25) is 14.6 Å². The predicted molar refractivity (Wildman–Crippen MR) is 123 cm³/mol. The van der Waals surface area contributed by atoms with Crippen molar-refractivity contribution in [2.75, 3.05) is 39.3 Å². The summed E-state index contributed by atoms with van der Waals surface area (Å²) in [5, 5.41) is 4.15. The highest BCUT2D eigenvalue weighted by atomic mass is 16.5. The Morgan fingerprint density at radius 3 is 2.50 bits per heavy atom. The molecule has 2 atom stereocenters. The summed E-state index contributed by atoms with van der Waals surface area (Å²) in [5.74, 6) is 2.39. The minimum absolute atomic E-state index is 0.342. The van der Waals surface area contributed by atoms with Crippen LogP contribution in [0.15, 0.2) is 28.8 Å². The van der Waals surface area contributed by atoms with E-state index in [0.717, 1.165) is 44.2 Å². The van der Waals surface area contributed by atoms with Crippen molar-refractivity contribution in [1.29, 1.82) is 0 Å². The van der Waals surface area contributed by atoms with E-state index < -0.39 is 0 Å². The predicted octanol–water partition coefficient (Wildman–Crippen LogP) is 3.34. The number of fused-ring (bicyclic) bond motifs is 1. The van der Waals surface area contributed by atoms with Crippen LogP contribution >= 0.6 is 0 Å². The van der Waals surface area contributed by atoms with Gasteiger partial charge in [0.1, 0.15) is 0 Å². The van der Waals surface area contributed by atoms with Gasteiger partial charge in [-0.15, -0.1) is 0 Å². The van der Waals surface area contributed by atoms with Gasteiger partial charge >= 0.3 is 0 Å². The molecule has 32 heavy (non-hydrogen) atoms. The Bertz CT molecular complexity index is 901. The highest BCUT2D eigenvalue weighted by Gasteiger charge is 2.36. The average Bonchev–Trinajstić information content (AvgIpc) is 3.29. The van der Waals surface area contributed by atoms with Crippen LogP contribution in [0, 0.1) is 12.8 Å². The molecule has 3 fully saturated rings. The van der Waals surface area contributed by atoms with Crippen molar-refractivity contribution in [2.24, 2.45) is 5.92 Å². The molecule has 1 aliphatic carbocycles. The smallest absolute Gasteiger partial charge is 0.241 e. The molecule has 0 radical (unpaired) electrons. The van der Waals surface area contributed by atoms with Crippen LogP contribution in [0.1, 0.15) is 50.0 Å². The summed E-state index contributed by atoms with van der Waals surface area (Å²) in [6.45, 7) is 7.91. The zero-order valence-corrected chi connectivity index (χ0v) is 19.2. The largest absolute Gasteiger partial charge is 0.338 e. The number of piperazine rings is 1. The Kier molecular flexibility index (Phi) is 6.55. The van der Waals surface area contributed by atoms with Crippen LogP contribution in [0.3, 0.4) is 0 Å². The molecule has 0 N–H and O–H groups in total. The molecule has 2 unspecified atom stereocenters. The van der Waals surface area contributed by atoms with Gasteiger partial charge in [0, 0.05) is 44.3 Å². The molecule has 172 valence electrons. The second-order valence-electron chi connectivity index (χ2n) is 9.77. The monoisotopic (exact) mass is 437 g/mol. The molecule has 0 bridgehead atoms. The summed E-state index contributed by atoms with van der Waals surface area (Å²) < 4.78 is 5.50. The quantitative estimate of drug-likeness (QED) is 0.715. The molecule has 1 aromatic heterocycles. The molecule has 3 heterocycles. The number of benzene rings is 1. The number of carbonyl (C=O) groups is 1. The number of aromatic nitrogens is 2. The molecular formula is C25H35N5O2.